The number of benzene rings is 3. The number of methoxy groups -OCH3 is 2. The number of carbonyl (C=O) groups excluding carboxylic acids is 3. The first-order valence-corrected chi connectivity index (χ1v) is 14.4. The summed E-state index contributed by atoms with van der Waals surface area (Å²) in [7, 11) is 2.72. The smallest absolute Gasteiger partial charge is 0.337 e. The first-order chi connectivity index (χ1) is 21.7. The summed E-state index contributed by atoms with van der Waals surface area (Å²) in [5.41, 5.74) is 7.58. The molecule has 1 atom stereocenters. The highest BCUT2D eigenvalue weighted by molar-refractivity contribution is 6.31. The summed E-state index contributed by atoms with van der Waals surface area (Å²) in [6.07, 6.45) is 1.62. The van der Waals surface area contributed by atoms with E-state index in [0.717, 1.165) is 27.7 Å². The van der Waals surface area contributed by atoms with Crippen LogP contribution < -0.4 is 25.5 Å². The van der Waals surface area contributed by atoms with Crippen molar-refractivity contribution in [2.45, 2.75) is 26.4 Å². The molecule has 0 radical (unpaired) electrons. The van der Waals surface area contributed by atoms with E-state index in [9.17, 15) is 14.4 Å². The van der Waals surface area contributed by atoms with Crippen LogP contribution in [0.25, 0.3) is 10.9 Å². The SMILES string of the molecule is COC(=O)C1=C(C)NC(=O)N[C@H]1c1ccc(OCC(=O)N/N=C\c2c(C)n(Cc3ccccc3Cl)c3ccccc23)c(OC)c1. The summed E-state index contributed by atoms with van der Waals surface area (Å²) < 4.78 is 18.3. The molecule has 0 aliphatic carbocycles. The number of para-hydroxylation sites is 1. The van der Waals surface area contributed by atoms with Gasteiger partial charge in [0.15, 0.2) is 18.1 Å². The molecule has 232 valence electrons. The van der Waals surface area contributed by atoms with Crippen LogP contribution >= 0.6 is 11.6 Å². The summed E-state index contributed by atoms with van der Waals surface area (Å²) in [4.78, 5) is 37.2. The van der Waals surface area contributed by atoms with Crippen LogP contribution in [0, 0.1) is 6.92 Å². The summed E-state index contributed by atoms with van der Waals surface area (Å²) in [5, 5.41) is 11.2. The molecule has 0 fully saturated rings. The van der Waals surface area contributed by atoms with Gasteiger partial charge in [0.1, 0.15) is 0 Å². The lowest BCUT2D eigenvalue weighted by Gasteiger charge is -2.28. The van der Waals surface area contributed by atoms with Crippen molar-refractivity contribution < 1.29 is 28.6 Å². The van der Waals surface area contributed by atoms with Gasteiger partial charge in [-0.15, -0.1) is 0 Å². The van der Waals surface area contributed by atoms with Crippen molar-refractivity contribution in [3.05, 3.63) is 105 Å². The number of amides is 3. The lowest BCUT2D eigenvalue weighted by atomic mass is 9.95. The highest BCUT2D eigenvalue weighted by atomic mass is 35.5. The van der Waals surface area contributed by atoms with Crippen molar-refractivity contribution in [2.24, 2.45) is 5.10 Å². The highest BCUT2D eigenvalue weighted by Gasteiger charge is 2.32. The van der Waals surface area contributed by atoms with E-state index in [2.05, 4.69) is 25.7 Å². The van der Waals surface area contributed by atoms with Crippen molar-refractivity contribution in [3.8, 4) is 11.5 Å². The van der Waals surface area contributed by atoms with Crippen LogP contribution in [0.3, 0.4) is 0 Å². The second-order valence-electron chi connectivity index (χ2n) is 10.2. The molecule has 2 heterocycles. The van der Waals surface area contributed by atoms with Gasteiger partial charge in [-0.2, -0.15) is 5.10 Å². The number of halogens is 1. The molecule has 0 spiro atoms. The second-order valence-corrected chi connectivity index (χ2v) is 10.7. The monoisotopic (exact) mass is 629 g/mol. The van der Waals surface area contributed by atoms with E-state index in [-0.39, 0.29) is 12.2 Å². The van der Waals surface area contributed by atoms with Gasteiger partial charge in [0.25, 0.3) is 5.91 Å². The fraction of sp³-hybridized carbons (Fsp3) is 0.212. The van der Waals surface area contributed by atoms with Gasteiger partial charge >= 0.3 is 12.0 Å². The number of hydrogen-bond donors (Lipinski definition) is 3. The van der Waals surface area contributed by atoms with Crippen molar-refractivity contribution in [1.82, 2.24) is 20.6 Å². The van der Waals surface area contributed by atoms with Crippen molar-refractivity contribution in [3.63, 3.8) is 0 Å². The van der Waals surface area contributed by atoms with Crippen molar-refractivity contribution in [2.75, 3.05) is 20.8 Å². The Balaban J connectivity index is 1.27. The van der Waals surface area contributed by atoms with E-state index in [4.69, 9.17) is 25.8 Å². The quantitative estimate of drug-likeness (QED) is 0.129. The summed E-state index contributed by atoms with van der Waals surface area (Å²) in [6.45, 7) is 3.87. The molecule has 0 saturated heterocycles. The summed E-state index contributed by atoms with van der Waals surface area (Å²) >= 11 is 6.43. The molecule has 1 aliphatic rings. The number of urea groups is 1. The van der Waals surface area contributed by atoms with E-state index >= 15 is 0 Å². The van der Waals surface area contributed by atoms with E-state index in [1.807, 2.05) is 55.5 Å². The molecule has 3 N–H and O–H groups in total. The fourth-order valence-corrected chi connectivity index (χ4v) is 5.47. The minimum atomic E-state index is -0.772. The molecule has 11 nitrogen and oxygen atoms in total. The number of carbonyl (C=O) groups is 3. The Morgan fingerprint density at radius 1 is 1.04 bits per heavy atom. The molecule has 0 bridgehead atoms. The van der Waals surface area contributed by atoms with Gasteiger partial charge in [-0.25, -0.2) is 15.0 Å². The fourth-order valence-electron chi connectivity index (χ4n) is 5.27. The van der Waals surface area contributed by atoms with E-state index in [1.54, 1.807) is 31.3 Å². The molecule has 5 rings (SSSR count). The predicted molar refractivity (Wildman–Crippen MR) is 171 cm³/mol. The van der Waals surface area contributed by atoms with Crippen LogP contribution in [-0.4, -0.2) is 49.5 Å². The zero-order valence-electron chi connectivity index (χ0n) is 25.1. The number of rotatable bonds is 10. The van der Waals surface area contributed by atoms with Crippen molar-refractivity contribution >= 4 is 46.6 Å². The van der Waals surface area contributed by atoms with Crippen LogP contribution in [0.15, 0.2) is 83.1 Å². The van der Waals surface area contributed by atoms with E-state index in [1.165, 1.54) is 14.2 Å². The molecule has 3 aromatic carbocycles. The van der Waals surface area contributed by atoms with Crippen LogP contribution in [0.4, 0.5) is 4.79 Å². The average molecular weight is 630 g/mol. The van der Waals surface area contributed by atoms with E-state index in [0.29, 0.717) is 34.3 Å². The standard InChI is InChI=1S/C33H32ClN5O6/c1-19-30(32(41)44-4)31(37-33(42)36-19)21-13-14-27(28(15-21)43-3)45-18-29(40)38-35-16-24-20(2)39(26-12-8-6-10-23(24)26)17-22-9-5-7-11-25(22)34/h5-16,31H,17-18H2,1-4H3,(H,38,40)(H2,36,37,42)/b35-16-/t31-/m0/s1. The Kier molecular flexibility index (Phi) is 9.39. The Bertz CT molecular complexity index is 1850. The number of nitrogens with one attached hydrogen (secondary N) is 3. The third-order valence-corrected chi connectivity index (χ3v) is 7.87. The average Bonchev–Trinajstić information content (AvgIpc) is 3.30. The first-order valence-electron chi connectivity index (χ1n) is 14.0. The van der Waals surface area contributed by atoms with Gasteiger partial charge in [-0.05, 0) is 49.2 Å². The number of esters is 1. The minimum Gasteiger partial charge on any atom is -0.493 e. The zero-order chi connectivity index (χ0) is 32.1. The number of fused-ring (bicyclic) bond motifs is 1. The molecule has 1 aliphatic heterocycles. The van der Waals surface area contributed by atoms with Crippen molar-refractivity contribution in [1.29, 1.82) is 0 Å². The van der Waals surface area contributed by atoms with E-state index < -0.39 is 23.9 Å². The van der Waals surface area contributed by atoms with Crippen LogP contribution in [0.2, 0.25) is 5.02 Å². The first kappa shape index (κ1) is 31.1. The molecule has 4 aromatic rings. The summed E-state index contributed by atoms with van der Waals surface area (Å²) in [6, 6.07) is 19.4. The summed E-state index contributed by atoms with van der Waals surface area (Å²) in [5.74, 6) is -0.464. The molecule has 3 amide bonds. The number of allylic oxidation sites excluding steroid dienone is 1. The number of ether oxygens (including phenoxy) is 3. The van der Waals surface area contributed by atoms with Crippen LogP contribution in [0.5, 0.6) is 11.5 Å². The maximum atomic E-state index is 12.7. The van der Waals surface area contributed by atoms with Gasteiger partial charge in [-0.1, -0.05) is 54.1 Å². The molecular weight excluding hydrogens is 598 g/mol. The maximum absolute atomic E-state index is 12.7. The topological polar surface area (TPSA) is 132 Å². The second kappa shape index (κ2) is 13.6. The number of aromatic nitrogens is 1. The Morgan fingerprint density at radius 3 is 2.56 bits per heavy atom. The molecular formula is C33H32ClN5O6. The zero-order valence-corrected chi connectivity index (χ0v) is 25.9. The Labute approximate surface area is 264 Å². The minimum absolute atomic E-state index is 0.257. The Hall–Kier alpha value is -5.29. The van der Waals surface area contributed by atoms with Gasteiger partial charge in [-0.3, -0.25) is 4.79 Å². The third kappa shape index (κ3) is 6.63. The normalized spacial score (nSPS) is 14.7. The van der Waals surface area contributed by atoms with Gasteiger partial charge in [0, 0.05) is 39.4 Å². The lowest BCUT2D eigenvalue weighted by molar-refractivity contribution is -0.136. The van der Waals surface area contributed by atoms with Crippen LogP contribution in [0.1, 0.15) is 35.3 Å². The number of nitrogens with zero attached hydrogens (tertiary/aromatic N) is 2. The van der Waals surface area contributed by atoms with Crippen LogP contribution in [-0.2, 0) is 20.9 Å². The number of hydrazone groups is 1. The Morgan fingerprint density at radius 2 is 1.80 bits per heavy atom. The molecule has 45 heavy (non-hydrogen) atoms. The predicted octanol–water partition coefficient (Wildman–Crippen LogP) is 4.99. The molecule has 0 unspecified atom stereocenters. The highest BCUT2D eigenvalue weighted by Crippen LogP contribution is 2.34. The van der Waals surface area contributed by atoms with Gasteiger partial charge < -0.3 is 29.4 Å². The molecule has 12 heteroatoms. The van der Waals surface area contributed by atoms with Gasteiger partial charge in [0.05, 0.1) is 32.0 Å². The maximum Gasteiger partial charge on any atom is 0.337 e. The largest absolute Gasteiger partial charge is 0.493 e. The molecule has 0 saturated carbocycles. The van der Waals surface area contributed by atoms with Gasteiger partial charge in [0.2, 0.25) is 0 Å². The molecule has 1 aromatic heterocycles. The number of hydrogen-bond acceptors (Lipinski definition) is 7. The lowest BCUT2D eigenvalue weighted by Crippen LogP contribution is -2.45. The third-order valence-electron chi connectivity index (χ3n) is 7.50.